The van der Waals surface area contributed by atoms with E-state index in [4.69, 9.17) is 4.74 Å². The number of pyridine rings is 1. The Bertz CT molecular complexity index is 1670. The van der Waals surface area contributed by atoms with E-state index in [-0.39, 0.29) is 17.3 Å². The number of hydrogen-bond acceptors (Lipinski definition) is 6. The fourth-order valence-electron chi connectivity index (χ4n) is 3.97. The van der Waals surface area contributed by atoms with Crippen LogP contribution >= 0.6 is 0 Å². The number of rotatable bonds is 9. The zero-order valence-electron chi connectivity index (χ0n) is 21.7. The van der Waals surface area contributed by atoms with Crippen LogP contribution in [0.5, 0.6) is 11.5 Å². The van der Waals surface area contributed by atoms with E-state index in [0.717, 1.165) is 15.9 Å². The van der Waals surface area contributed by atoms with Gasteiger partial charge in [-0.15, -0.1) is 0 Å². The zero-order chi connectivity index (χ0) is 27.9. The van der Waals surface area contributed by atoms with Crippen LogP contribution in [0.3, 0.4) is 0 Å². The second-order valence-electron chi connectivity index (χ2n) is 9.03. The Balaban J connectivity index is 1.42. The number of carbonyl (C=O) groups is 1. The van der Waals surface area contributed by atoms with Crippen molar-refractivity contribution in [2.75, 3.05) is 11.9 Å². The third kappa shape index (κ3) is 6.39. The first-order chi connectivity index (χ1) is 19.5. The summed E-state index contributed by atoms with van der Waals surface area (Å²) in [4.78, 5) is 30.7. The minimum absolute atomic E-state index is 0.104. The summed E-state index contributed by atoms with van der Waals surface area (Å²) in [6.07, 6.45) is 3.73. The molecule has 0 bridgehead atoms. The molecule has 8 nitrogen and oxygen atoms in total. The summed E-state index contributed by atoms with van der Waals surface area (Å²) in [5.74, 6) is 0.0339. The van der Waals surface area contributed by atoms with Crippen LogP contribution < -0.4 is 20.9 Å². The number of hydrogen-bond donors (Lipinski definition) is 2. The summed E-state index contributed by atoms with van der Waals surface area (Å²) in [5, 5.41) is 10.3. The van der Waals surface area contributed by atoms with Gasteiger partial charge in [0, 0.05) is 36.1 Å². The van der Waals surface area contributed by atoms with Crippen LogP contribution in [0.15, 0.2) is 108 Å². The number of amides is 1. The molecular weight excluding hydrogens is 509 g/mol. The standard InChI is InChI=1S/C31H26FN5O3/c1-21-8-14-27(15-9-21)40-28-20-35-37(26-12-10-23(32)11-13-26)31(39)29(28)36-25-7-4-5-22(19-25)30(38)34-18-16-24-6-2-3-17-33-24/h2-15,17,19-20,36H,16,18H2,1H3,(H,34,38). The molecule has 0 radical (unpaired) electrons. The quantitative estimate of drug-likeness (QED) is 0.256. The van der Waals surface area contributed by atoms with Gasteiger partial charge in [-0.05, 0) is 73.7 Å². The second kappa shape index (κ2) is 12.0. The van der Waals surface area contributed by atoms with Crippen molar-refractivity contribution in [3.63, 3.8) is 0 Å². The molecule has 5 rings (SSSR count). The van der Waals surface area contributed by atoms with Gasteiger partial charge >= 0.3 is 0 Å². The lowest BCUT2D eigenvalue weighted by molar-refractivity contribution is 0.0954. The molecule has 40 heavy (non-hydrogen) atoms. The summed E-state index contributed by atoms with van der Waals surface area (Å²) >= 11 is 0. The predicted molar refractivity (Wildman–Crippen MR) is 151 cm³/mol. The third-order valence-electron chi connectivity index (χ3n) is 6.05. The minimum Gasteiger partial charge on any atom is -0.453 e. The van der Waals surface area contributed by atoms with E-state index in [1.807, 2.05) is 37.3 Å². The molecule has 0 aliphatic rings. The fourth-order valence-corrected chi connectivity index (χ4v) is 3.97. The molecule has 9 heteroatoms. The highest BCUT2D eigenvalue weighted by atomic mass is 19.1. The van der Waals surface area contributed by atoms with Crippen molar-refractivity contribution in [1.82, 2.24) is 20.1 Å². The van der Waals surface area contributed by atoms with Crippen molar-refractivity contribution in [3.8, 4) is 17.2 Å². The predicted octanol–water partition coefficient (Wildman–Crippen LogP) is 5.58. The number of ether oxygens (including phenoxy) is 1. The van der Waals surface area contributed by atoms with Gasteiger partial charge in [-0.25, -0.2) is 4.39 Å². The highest BCUT2D eigenvalue weighted by Gasteiger charge is 2.16. The van der Waals surface area contributed by atoms with Crippen molar-refractivity contribution in [2.45, 2.75) is 13.3 Å². The number of anilines is 2. The summed E-state index contributed by atoms with van der Waals surface area (Å²) in [7, 11) is 0. The van der Waals surface area contributed by atoms with E-state index in [1.54, 1.807) is 42.6 Å². The lowest BCUT2D eigenvalue weighted by atomic mass is 10.1. The van der Waals surface area contributed by atoms with Crippen molar-refractivity contribution in [2.24, 2.45) is 0 Å². The molecule has 1 amide bonds. The zero-order valence-corrected chi connectivity index (χ0v) is 21.7. The van der Waals surface area contributed by atoms with Gasteiger partial charge in [0.2, 0.25) is 0 Å². The Morgan fingerprint density at radius 1 is 0.975 bits per heavy atom. The van der Waals surface area contributed by atoms with Crippen LogP contribution in [-0.4, -0.2) is 27.2 Å². The van der Waals surface area contributed by atoms with Crippen molar-refractivity contribution in [3.05, 3.63) is 136 Å². The van der Waals surface area contributed by atoms with Crippen molar-refractivity contribution in [1.29, 1.82) is 0 Å². The van der Waals surface area contributed by atoms with Crippen LogP contribution in [-0.2, 0) is 6.42 Å². The SMILES string of the molecule is Cc1ccc(Oc2cnn(-c3ccc(F)cc3)c(=O)c2Nc2cccc(C(=O)NCCc3ccccn3)c2)cc1. The lowest BCUT2D eigenvalue weighted by Gasteiger charge is -2.15. The molecule has 0 spiro atoms. The molecule has 3 aromatic carbocycles. The maximum atomic E-state index is 13.6. The molecule has 2 heterocycles. The molecule has 5 aromatic rings. The summed E-state index contributed by atoms with van der Waals surface area (Å²) in [6, 6.07) is 25.2. The maximum absolute atomic E-state index is 13.6. The average Bonchev–Trinajstić information content (AvgIpc) is 2.97. The molecular formula is C31H26FN5O3. The molecule has 0 saturated heterocycles. The first kappa shape index (κ1) is 26.3. The molecule has 0 aliphatic heterocycles. The van der Waals surface area contributed by atoms with Gasteiger partial charge in [0.05, 0.1) is 11.9 Å². The topological polar surface area (TPSA) is 98.1 Å². The molecule has 0 unspecified atom stereocenters. The van der Waals surface area contributed by atoms with E-state index < -0.39 is 11.4 Å². The van der Waals surface area contributed by atoms with Gasteiger partial charge in [0.25, 0.3) is 11.5 Å². The number of nitrogens with zero attached hydrogens (tertiary/aromatic N) is 3. The molecule has 0 saturated carbocycles. The smallest absolute Gasteiger partial charge is 0.299 e. The van der Waals surface area contributed by atoms with Crippen LogP contribution in [0.2, 0.25) is 0 Å². The summed E-state index contributed by atoms with van der Waals surface area (Å²) in [6.45, 7) is 2.39. The van der Waals surface area contributed by atoms with Gasteiger partial charge in [0.1, 0.15) is 11.6 Å². The van der Waals surface area contributed by atoms with Crippen molar-refractivity contribution < 1.29 is 13.9 Å². The van der Waals surface area contributed by atoms with E-state index in [1.165, 1.54) is 30.5 Å². The van der Waals surface area contributed by atoms with Crippen molar-refractivity contribution >= 4 is 17.3 Å². The fraction of sp³-hybridized carbons (Fsp3) is 0.0968. The lowest BCUT2D eigenvalue weighted by Crippen LogP contribution is -2.26. The normalized spacial score (nSPS) is 10.7. The minimum atomic E-state index is -0.513. The summed E-state index contributed by atoms with van der Waals surface area (Å²) in [5.41, 5.74) is 2.84. The first-order valence-electron chi connectivity index (χ1n) is 12.6. The highest BCUT2D eigenvalue weighted by molar-refractivity contribution is 5.95. The number of benzene rings is 3. The molecule has 0 atom stereocenters. The van der Waals surface area contributed by atoms with Crippen LogP contribution in [0, 0.1) is 12.7 Å². The monoisotopic (exact) mass is 535 g/mol. The number of carbonyl (C=O) groups excluding carboxylic acids is 1. The number of nitrogens with one attached hydrogen (secondary N) is 2. The third-order valence-corrected chi connectivity index (χ3v) is 6.05. The second-order valence-corrected chi connectivity index (χ2v) is 9.03. The van der Waals surface area contributed by atoms with E-state index in [2.05, 4.69) is 20.7 Å². The Morgan fingerprint density at radius 2 is 1.77 bits per heavy atom. The Hall–Kier alpha value is -5.31. The molecule has 2 N–H and O–H groups in total. The summed E-state index contributed by atoms with van der Waals surface area (Å²) < 4.78 is 20.7. The van der Waals surface area contributed by atoms with Crippen LogP contribution in [0.4, 0.5) is 15.8 Å². The Morgan fingerprint density at radius 3 is 2.52 bits per heavy atom. The Labute approximate surface area is 230 Å². The molecule has 200 valence electrons. The first-order valence-corrected chi connectivity index (χ1v) is 12.6. The molecule has 0 aliphatic carbocycles. The molecule has 2 aromatic heterocycles. The van der Waals surface area contributed by atoms with E-state index >= 15 is 0 Å². The number of aryl methyl sites for hydroxylation is 1. The van der Waals surface area contributed by atoms with Crippen LogP contribution in [0.25, 0.3) is 5.69 Å². The number of aromatic nitrogens is 3. The van der Waals surface area contributed by atoms with Gasteiger partial charge < -0.3 is 15.4 Å². The van der Waals surface area contributed by atoms with Gasteiger partial charge in [0.15, 0.2) is 11.4 Å². The van der Waals surface area contributed by atoms with Crippen LogP contribution in [0.1, 0.15) is 21.6 Å². The number of halogens is 1. The van der Waals surface area contributed by atoms with Gasteiger partial charge in [-0.1, -0.05) is 29.8 Å². The molecule has 0 fully saturated rings. The van der Waals surface area contributed by atoms with E-state index in [0.29, 0.717) is 35.7 Å². The van der Waals surface area contributed by atoms with E-state index in [9.17, 15) is 14.0 Å². The maximum Gasteiger partial charge on any atom is 0.299 e. The highest BCUT2D eigenvalue weighted by Crippen LogP contribution is 2.29. The van der Waals surface area contributed by atoms with Gasteiger partial charge in [-0.2, -0.15) is 9.78 Å². The average molecular weight is 536 g/mol. The largest absolute Gasteiger partial charge is 0.453 e. The Kier molecular flexibility index (Phi) is 7.92. The van der Waals surface area contributed by atoms with Gasteiger partial charge in [-0.3, -0.25) is 14.6 Å².